The van der Waals surface area contributed by atoms with Crippen LogP contribution in [-0.4, -0.2) is 29.8 Å². The van der Waals surface area contributed by atoms with Crippen LogP contribution in [0.4, 0.5) is 11.4 Å². The minimum absolute atomic E-state index is 0.0449. The van der Waals surface area contributed by atoms with E-state index in [1.165, 1.54) is 0 Å². The Balaban J connectivity index is 1.96. The predicted molar refractivity (Wildman–Crippen MR) is 84.2 cm³/mol. The van der Waals surface area contributed by atoms with Crippen molar-refractivity contribution in [1.82, 2.24) is 4.90 Å². The molecule has 0 unspecified atom stereocenters. The van der Waals surface area contributed by atoms with Gasteiger partial charge in [0.2, 0.25) is 11.8 Å². The average Bonchev–Trinajstić information content (AvgIpc) is 2.43. The first-order valence-corrected chi connectivity index (χ1v) is 7.57. The van der Waals surface area contributed by atoms with Crippen LogP contribution in [0.5, 0.6) is 0 Å². The Labute approximate surface area is 129 Å². The lowest BCUT2D eigenvalue weighted by molar-refractivity contribution is -0.135. The number of likely N-dealkylation sites (tertiary alicyclic amines) is 1. The van der Waals surface area contributed by atoms with Gasteiger partial charge in [-0.05, 0) is 31.0 Å². The van der Waals surface area contributed by atoms with E-state index in [-0.39, 0.29) is 18.4 Å². The monoisotopic (exact) mass is 309 g/mol. The summed E-state index contributed by atoms with van der Waals surface area (Å²) in [5.74, 6) is -0.208. The molecule has 1 saturated heterocycles. The molecule has 1 aliphatic heterocycles. The maximum absolute atomic E-state index is 12.1. The molecule has 1 fully saturated rings. The molecule has 0 saturated carbocycles. The van der Waals surface area contributed by atoms with E-state index >= 15 is 0 Å². The Morgan fingerprint density at radius 2 is 2.05 bits per heavy atom. The van der Waals surface area contributed by atoms with Gasteiger partial charge in [-0.1, -0.05) is 24.4 Å². The van der Waals surface area contributed by atoms with Crippen LogP contribution in [0.25, 0.3) is 0 Å². The zero-order chi connectivity index (χ0) is 15.2. The summed E-state index contributed by atoms with van der Waals surface area (Å²) in [5.41, 5.74) is 6.67. The number of benzene rings is 1. The number of nitrogens with one attached hydrogen (secondary N) is 1. The Bertz CT molecular complexity index is 534. The predicted octanol–water partition coefficient (Wildman–Crippen LogP) is 2.65. The van der Waals surface area contributed by atoms with Crippen molar-refractivity contribution in [2.75, 3.05) is 24.1 Å². The fourth-order valence-corrected chi connectivity index (χ4v) is 2.55. The molecule has 0 spiro atoms. The molecule has 5 nitrogen and oxygen atoms in total. The van der Waals surface area contributed by atoms with Crippen LogP contribution in [0, 0.1) is 0 Å². The van der Waals surface area contributed by atoms with Gasteiger partial charge < -0.3 is 16.0 Å². The molecular formula is C15H20ClN3O2. The number of nitrogens with zero attached hydrogens (tertiary/aromatic N) is 1. The summed E-state index contributed by atoms with van der Waals surface area (Å²) in [5, 5.41) is 3.14. The van der Waals surface area contributed by atoms with E-state index in [0.717, 1.165) is 25.7 Å². The van der Waals surface area contributed by atoms with Gasteiger partial charge in [0.05, 0.1) is 17.3 Å². The second kappa shape index (κ2) is 7.31. The molecule has 0 radical (unpaired) electrons. The van der Waals surface area contributed by atoms with Crippen molar-refractivity contribution in [3.8, 4) is 0 Å². The SMILES string of the molecule is Nc1ccc(Cl)c(NC(=O)CN2CCCCCCC2=O)c1. The van der Waals surface area contributed by atoms with Crippen molar-refractivity contribution >= 4 is 34.8 Å². The molecule has 0 atom stereocenters. The molecular weight excluding hydrogens is 290 g/mol. The average molecular weight is 310 g/mol. The second-order valence-electron chi connectivity index (χ2n) is 5.27. The first-order valence-electron chi connectivity index (χ1n) is 7.19. The lowest BCUT2D eigenvalue weighted by atomic mass is 10.1. The molecule has 21 heavy (non-hydrogen) atoms. The Hall–Kier alpha value is -1.75. The minimum Gasteiger partial charge on any atom is -0.399 e. The van der Waals surface area contributed by atoms with Gasteiger partial charge in [0.15, 0.2) is 0 Å². The number of carbonyl (C=O) groups excluding carboxylic acids is 2. The highest BCUT2D eigenvalue weighted by Crippen LogP contribution is 2.24. The zero-order valence-corrected chi connectivity index (χ0v) is 12.7. The highest BCUT2D eigenvalue weighted by Gasteiger charge is 2.18. The summed E-state index contributed by atoms with van der Waals surface area (Å²) >= 11 is 6.01. The molecule has 1 aromatic carbocycles. The lowest BCUT2D eigenvalue weighted by Gasteiger charge is -2.24. The Morgan fingerprint density at radius 1 is 1.29 bits per heavy atom. The van der Waals surface area contributed by atoms with Crippen molar-refractivity contribution in [1.29, 1.82) is 0 Å². The summed E-state index contributed by atoms with van der Waals surface area (Å²) < 4.78 is 0. The Kier molecular flexibility index (Phi) is 5.44. The van der Waals surface area contributed by atoms with Gasteiger partial charge in [0, 0.05) is 18.7 Å². The normalized spacial score (nSPS) is 16.2. The van der Waals surface area contributed by atoms with Crippen LogP contribution >= 0.6 is 11.6 Å². The van der Waals surface area contributed by atoms with Gasteiger partial charge in [-0.15, -0.1) is 0 Å². The largest absolute Gasteiger partial charge is 0.399 e. The number of amides is 2. The molecule has 0 aromatic heterocycles. The molecule has 1 aromatic rings. The number of hydrogen-bond acceptors (Lipinski definition) is 3. The third-order valence-electron chi connectivity index (χ3n) is 3.52. The lowest BCUT2D eigenvalue weighted by Crippen LogP contribution is -2.39. The molecule has 0 bridgehead atoms. The maximum atomic E-state index is 12.1. The molecule has 0 aliphatic carbocycles. The van der Waals surface area contributed by atoms with E-state index in [1.54, 1.807) is 23.1 Å². The van der Waals surface area contributed by atoms with Crippen LogP contribution < -0.4 is 11.1 Å². The topological polar surface area (TPSA) is 75.4 Å². The standard InChI is InChI=1S/C15H20ClN3O2/c16-12-7-6-11(17)9-13(12)18-14(20)10-19-8-4-2-1-3-5-15(19)21/h6-7,9H,1-5,8,10,17H2,(H,18,20). The van der Waals surface area contributed by atoms with E-state index in [1.807, 2.05) is 0 Å². The highest BCUT2D eigenvalue weighted by atomic mass is 35.5. The summed E-state index contributed by atoms with van der Waals surface area (Å²) in [7, 11) is 0. The number of nitrogens with two attached hydrogens (primary N) is 1. The van der Waals surface area contributed by atoms with E-state index < -0.39 is 0 Å². The third kappa shape index (κ3) is 4.63. The van der Waals surface area contributed by atoms with Gasteiger partial charge in [-0.2, -0.15) is 0 Å². The molecule has 1 aliphatic rings. The van der Waals surface area contributed by atoms with Crippen LogP contribution in [-0.2, 0) is 9.59 Å². The maximum Gasteiger partial charge on any atom is 0.244 e. The van der Waals surface area contributed by atoms with Crippen molar-refractivity contribution < 1.29 is 9.59 Å². The van der Waals surface area contributed by atoms with E-state index in [9.17, 15) is 9.59 Å². The van der Waals surface area contributed by atoms with Crippen LogP contribution in [0.15, 0.2) is 18.2 Å². The summed E-state index contributed by atoms with van der Waals surface area (Å²) in [6.07, 6.45) is 4.56. The molecule has 3 N–H and O–H groups in total. The first kappa shape index (κ1) is 15.6. The number of hydrogen-bond donors (Lipinski definition) is 2. The van der Waals surface area contributed by atoms with Crippen molar-refractivity contribution in [2.24, 2.45) is 0 Å². The quantitative estimate of drug-likeness (QED) is 0.843. The van der Waals surface area contributed by atoms with E-state index in [0.29, 0.717) is 29.4 Å². The third-order valence-corrected chi connectivity index (χ3v) is 3.85. The van der Waals surface area contributed by atoms with Gasteiger partial charge in [0.25, 0.3) is 0 Å². The fourth-order valence-electron chi connectivity index (χ4n) is 2.38. The minimum atomic E-state index is -0.253. The molecule has 6 heteroatoms. The summed E-state index contributed by atoms with van der Waals surface area (Å²) in [4.78, 5) is 25.7. The van der Waals surface area contributed by atoms with E-state index in [4.69, 9.17) is 17.3 Å². The van der Waals surface area contributed by atoms with Crippen LogP contribution in [0.1, 0.15) is 32.1 Å². The van der Waals surface area contributed by atoms with Crippen LogP contribution in [0.3, 0.4) is 0 Å². The van der Waals surface area contributed by atoms with E-state index in [2.05, 4.69) is 5.32 Å². The van der Waals surface area contributed by atoms with Crippen molar-refractivity contribution in [3.05, 3.63) is 23.2 Å². The van der Waals surface area contributed by atoms with Crippen molar-refractivity contribution in [3.63, 3.8) is 0 Å². The second-order valence-corrected chi connectivity index (χ2v) is 5.67. The van der Waals surface area contributed by atoms with Gasteiger partial charge in [-0.25, -0.2) is 0 Å². The van der Waals surface area contributed by atoms with Gasteiger partial charge in [-0.3, -0.25) is 9.59 Å². The number of carbonyl (C=O) groups is 2. The molecule has 114 valence electrons. The number of nitrogen functional groups attached to an aromatic ring is 1. The van der Waals surface area contributed by atoms with Crippen LogP contribution in [0.2, 0.25) is 5.02 Å². The number of rotatable bonds is 3. The number of halogens is 1. The zero-order valence-electron chi connectivity index (χ0n) is 11.9. The molecule has 2 amide bonds. The molecule has 2 rings (SSSR count). The Morgan fingerprint density at radius 3 is 2.86 bits per heavy atom. The van der Waals surface area contributed by atoms with Crippen molar-refractivity contribution in [2.45, 2.75) is 32.1 Å². The highest BCUT2D eigenvalue weighted by molar-refractivity contribution is 6.33. The summed E-state index contributed by atoms with van der Waals surface area (Å²) in [6, 6.07) is 4.91. The van der Waals surface area contributed by atoms with Gasteiger partial charge >= 0.3 is 0 Å². The first-order chi connectivity index (χ1) is 10.1. The molecule has 1 heterocycles. The smallest absolute Gasteiger partial charge is 0.244 e. The number of anilines is 2. The van der Waals surface area contributed by atoms with Gasteiger partial charge in [0.1, 0.15) is 0 Å². The summed E-state index contributed by atoms with van der Waals surface area (Å²) in [6.45, 7) is 0.695. The fraction of sp³-hybridized carbons (Fsp3) is 0.467.